The third kappa shape index (κ3) is 4.45. The highest BCUT2D eigenvalue weighted by atomic mass is 16.5. The van der Waals surface area contributed by atoms with Crippen LogP contribution in [0.3, 0.4) is 0 Å². The number of aromatic nitrogens is 2. The molecule has 1 aromatic heterocycles. The summed E-state index contributed by atoms with van der Waals surface area (Å²) in [6.07, 6.45) is 0.315. The molecule has 2 aromatic rings. The lowest BCUT2D eigenvalue weighted by Crippen LogP contribution is -2.33. The van der Waals surface area contributed by atoms with Gasteiger partial charge in [0, 0.05) is 11.6 Å². The Bertz CT molecular complexity index is 708. The van der Waals surface area contributed by atoms with E-state index in [0.717, 1.165) is 6.42 Å². The monoisotopic (exact) mass is 318 g/mol. The number of imidazole rings is 1. The summed E-state index contributed by atoms with van der Waals surface area (Å²) in [5.74, 6) is 0.669. The number of methoxy groups -OCH3 is 1. The first-order valence-corrected chi connectivity index (χ1v) is 7.54. The van der Waals surface area contributed by atoms with Crippen LogP contribution in [0, 0.1) is 5.92 Å². The van der Waals surface area contributed by atoms with E-state index in [0.29, 0.717) is 22.5 Å². The van der Waals surface area contributed by atoms with E-state index >= 15 is 0 Å². The van der Waals surface area contributed by atoms with Crippen molar-refractivity contribution in [1.29, 1.82) is 0 Å². The van der Waals surface area contributed by atoms with Crippen LogP contribution in [0.25, 0.3) is 11.0 Å². The molecule has 1 heterocycles. The second-order valence-corrected chi connectivity index (χ2v) is 5.94. The molecule has 1 unspecified atom stereocenters. The van der Waals surface area contributed by atoms with Gasteiger partial charge < -0.3 is 15.0 Å². The van der Waals surface area contributed by atoms with Crippen LogP contribution in [0.5, 0.6) is 0 Å². The number of hydrogen-bond donors (Lipinski definition) is 3. The van der Waals surface area contributed by atoms with Crippen molar-refractivity contribution in [3.63, 3.8) is 0 Å². The number of fused-ring (bicyclic) bond motifs is 1. The summed E-state index contributed by atoms with van der Waals surface area (Å²) in [4.78, 5) is 30.6. The third-order valence-electron chi connectivity index (χ3n) is 3.35. The molecule has 0 aliphatic carbocycles. The second-order valence-electron chi connectivity index (χ2n) is 5.94. The van der Waals surface area contributed by atoms with E-state index < -0.39 is 6.09 Å². The topological polar surface area (TPSA) is 96.1 Å². The molecule has 0 radical (unpaired) electrons. The number of amides is 2. The Labute approximate surface area is 134 Å². The molecule has 2 amide bonds. The van der Waals surface area contributed by atoms with E-state index in [2.05, 4.69) is 39.2 Å². The fraction of sp³-hybridized carbons (Fsp3) is 0.438. The van der Waals surface area contributed by atoms with Crippen molar-refractivity contribution in [3.8, 4) is 0 Å². The number of nitrogens with one attached hydrogen (secondary N) is 3. The predicted molar refractivity (Wildman–Crippen MR) is 88.5 cm³/mol. The van der Waals surface area contributed by atoms with Gasteiger partial charge in [0.05, 0.1) is 18.1 Å². The zero-order valence-corrected chi connectivity index (χ0v) is 13.8. The van der Waals surface area contributed by atoms with E-state index in [1.165, 1.54) is 7.11 Å². The maximum Gasteiger partial charge on any atom is 0.413 e. The highest BCUT2D eigenvalue weighted by molar-refractivity contribution is 5.98. The molecule has 124 valence electrons. The van der Waals surface area contributed by atoms with E-state index in [-0.39, 0.29) is 17.9 Å². The number of ether oxygens (including phenoxy) is 1. The molecule has 1 atom stereocenters. The number of benzene rings is 1. The number of hydrogen-bond acceptors (Lipinski definition) is 4. The Kier molecular flexibility index (Phi) is 5.20. The number of nitrogens with zero attached hydrogens (tertiary/aromatic N) is 1. The Balaban J connectivity index is 2.13. The SMILES string of the molecule is COC(=O)Nc1nc2ccc(C(=O)NC(C)CC(C)C)cc2[nH]1. The van der Waals surface area contributed by atoms with Crippen LogP contribution < -0.4 is 10.6 Å². The van der Waals surface area contributed by atoms with Crippen molar-refractivity contribution >= 4 is 29.0 Å². The maximum absolute atomic E-state index is 12.3. The van der Waals surface area contributed by atoms with Crippen LogP contribution in [0.4, 0.5) is 10.7 Å². The largest absolute Gasteiger partial charge is 0.453 e. The second kappa shape index (κ2) is 7.13. The van der Waals surface area contributed by atoms with Gasteiger partial charge in [0.25, 0.3) is 5.91 Å². The van der Waals surface area contributed by atoms with Gasteiger partial charge in [0.1, 0.15) is 0 Å². The van der Waals surface area contributed by atoms with Crippen LogP contribution in [-0.4, -0.2) is 35.1 Å². The zero-order chi connectivity index (χ0) is 17.0. The summed E-state index contributed by atoms with van der Waals surface area (Å²) in [6.45, 7) is 6.23. The van der Waals surface area contributed by atoms with Gasteiger partial charge in [-0.25, -0.2) is 9.78 Å². The van der Waals surface area contributed by atoms with Crippen LogP contribution in [-0.2, 0) is 4.74 Å². The molecule has 0 spiro atoms. The minimum atomic E-state index is -0.607. The Hall–Kier alpha value is -2.57. The van der Waals surface area contributed by atoms with E-state index in [1.54, 1.807) is 18.2 Å². The molecule has 2 rings (SSSR count). The van der Waals surface area contributed by atoms with Crippen LogP contribution >= 0.6 is 0 Å². The van der Waals surface area contributed by atoms with Gasteiger partial charge in [-0.05, 0) is 37.5 Å². The first-order valence-electron chi connectivity index (χ1n) is 7.54. The minimum Gasteiger partial charge on any atom is -0.453 e. The van der Waals surface area contributed by atoms with Gasteiger partial charge in [-0.2, -0.15) is 0 Å². The lowest BCUT2D eigenvalue weighted by Gasteiger charge is -2.15. The quantitative estimate of drug-likeness (QED) is 0.789. The van der Waals surface area contributed by atoms with Crippen molar-refractivity contribution in [2.75, 3.05) is 12.4 Å². The van der Waals surface area contributed by atoms with Crippen molar-refractivity contribution in [3.05, 3.63) is 23.8 Å². The molecule has 1 aromatic carbocycles. The Morgan fingerprint density at radius 1 is 1.30 bits per heavy atom. The van der Waals surface area contributed by atoms with Gasteiger partial charge >= 0.3 is 6.09 Å². The molecule has 3 N–H and O–H groups in total. The predicted octanol–water partition coefficient (Wildman–Crippen LogP) is 2.91. The summed E-state index contributed by atoms with van der Waals surface area (Å²) in [5.41, 5.74) is 1.87. The lowest BCUT2D eigenvalue weighted by molar-refractivity contribution is 0.0936. The summed E-state index contributed by atoms with van der Waals surface area (Å²) in [6, 6.07) is 5.26. The van der Waals surface area contributed by atoms with Gasteiger partial charge in [-0.15, -0.1) is 0 Å². The number of H-pyrrole nitrogens is 1. The van der Waals surface area contributed by atoms with Crippen molar-refractivity contribution in [1.82, 2.24) is 15.3 Å². The molecular formula is C16H22N4O3. The van der Waals surface area contributed by atoms with Crippen molar-refractivity contribution < 1.29 is 14.3 Å². The van der Waals surface area contributed by atoms with E-state index in [1.807, 2.05) is 6.92 Å². The number of anilines is 1. The van der Waals surface area contributed by atoms with E-state index in [4.69, 9.17) is 0 Å². The normalized spacial score (nSPS) is 12.2. The van der Waals surface area contributed by atoms with Crippen LogP contribution in [0.15, 0.2) is 18.2 Å². The van der Waals surface area contributed by atoms with Crippen LogP contribution in [0.2, 0.25) is 0 Å². The first-order chi connectivity index (χ1) is 10.9. The highest BCUT2D eigenvalue weighted by Gasteiger charge is 2.13. The van der Waals surface area contributed by atoms with Crippen LogP contribution in [0.1, 0.15) is 37.6 Å². The minimum absolute atomic E-state index is 0.108. The summed E-state index contributed by atoms with van der Waals surface area (Å²) in [5, 5.41) is 5.43. The summed E-state index contributed by atoms with van der Waals surface area (Å²) >= 11 is 0. The zero-order valence-electron chi connectivity index (χ0n) is 13.8. The third-order valence-corrected chi connectivity index (χ3v) is 3.35. The molecule has 7 heteroatoms. The maximum atomic E-state index is 12.3. The molecule has 0 saturated carbocycles. The summed E-state index contributed by atoms with van der Waals surface area (Å²) in [7, 11) is 1.28. The van der Waals surface area contributed by atoms with Crippen molar-refractivity contribution in [2.24, 2.45) is 5.92 Å². The molecular weight excluding hydrogens is 296 g/mol. The summed E-state index contributed by atoms with van der Waals surface area (Å²) < 4.78 is 4.51. The first kappa shape index (κ1) is 16.8. The van der Waals surface area contributed by atoms with Gasteiger partial charge in [-0.1, -0.05) is 13.8 Å². The number of carbonyl (C=O) groups is 2. The molecule has 0 fully saturated rings. The molecule has 7 nitrogen and oxygen atoms in total. The average Bonchev–Trinajstić information content (AvgIpc) is 2.86. The van der Waals surface area contributed by atoms with Gasteiger partial charge in [0.15, 0.2) is 0 Å². The molecule has 0 saturated heterocycles. The average molecular weight is 318 g/mol. The molecule has 0 bridgehead atoms. The fourth-order valence-corrected chi connectivity index (χ4v) is 2.43. The van der Waals surface area contributed by atoms with Gasteiger partial charge in [-0.3, -0.25) is 10.1 Å². The Morgan fingerprint density at radius 2 is 2.04 bits per heavy atom. The smallest absolute Gasteiger partial charge is 0.413 e. The highest BCUT2D eigenvalue weighted by Crippen LogP contribution is 2.17. The lowest BCUT2D eigenvalue weighted by atomic mass is 10.0. The molecule has 0 aliphatic rings. The number of aromatic amines is 1. The number of carbonyl (C=O) groups excluding carboxylic acids is 2. The molecule has 23 heavy (non-hydrogen) atoms. The Morgan fingerprint density at radius 3 is 2.70 bits per heavy atom. The fourth-order valence-electron chi connectivity index (χ4n) is 2.43. The van der Waals surface area contributed by atoms with Crippen molar-refractivity contribution in [2.45, 2.75) is 33.2 Å². The van der Waals surface area contributed by atoms with E-state index in [9.17, 15) is 9.59 Å². The molecule has 0 aliphatic heterocycles. The standard InChI is InChI=1S/C16H22N4O3/c1-9(2)7-10(3)17-14(21)11-5-6-12-13(8-11)19-15(18-12)20-16(22)23-4/h5-6,8-10H,7H2,1-4H3,(H,17,21)(H2,18,19,20,22). The van der Waals surface area contributed by atoms with Gasteiger partial charge in [0.2, 0.25) is 5.95 Å². The number of rotatable bonds is 5.